The van der Waals surface area contributed by atoms with E-state index in [0.29, 0.717) is 5.69 Å². The molecule has 9 heteroatoms. The molecule has 1 heterocycles. The van der Waals surface area contributed by atoms with Gasteiger partial charge in [0.1, 0.15) is 0 Å². The molecule has 27 heavy (non-hydrogen) atoms. The molecular weight excluding hydrogens is 352 g/mol. The van der Waals surface area contributed by atoms with Crippen LogP contribution in [0.3, 0.4) is 0 Å². The van der Waals surface area contributed by atoms with Gasteiger partial charge in [0, 0.05) is 5.69 Å². The molecule has 9 nitrogen and oxygen atoms in total. The molecule has 0 atom stereocenters. The Morgan fingerprint density at radius 1 is 1.11 bits per heavy atom. The summed E-state index contributed by atoms with van der Waals surface area (Å²) in [7, 11) is 0. The SMILES string of the molecule is O=C(COc1nc[nH]c(=O)c1[N+](=O)[O-])Nc1ccc(-c2ccccc2)cc1. The second-order valence-corrected chi connectivity index (χ2v) is 5.42. The van der Waals surface area contributed by atoms with E-state index in [1.807, 2.05) is 42.5 Å². The molecule has 0 aliphatic heterocycles. The van der Waals surface area contributed by atoms with Gasteiger partial charge in [-0.3, -0.25) is 19.7 Å². The minimum Gasteiger partial charge on any atom is -0.462 e. The lowest BCUT2D eigenvalue weighted by Gasteiger charge is -2.08. The third kappa shape index (κ3) is 4.34. The summed E-state index contributed by atoms with van der Waals surface area (Å²) in [4.78, 5) is 39.1. The first-order chi connectivity index (χ1) is 13.0. The largest absolute Gasteiger partial charge is 0.462 e. The van der Waals surface area contributed by atoms with E-state index in [0.717, 1.165) is 17.5 Å². The van der Waals surface area contributed by atoms with E-state index in [4.69, 9.17) is 4.74 Å². The molecule has 0 saturated carbocycles. The fourth-order valence-electron chi connectivity index (χ4n) is 2.35. The van der Waals surface area contributed by atoms with Gasteiger partial charge in [-0.05, 0) is 23.3 Å². The third-order valence-electron chi connectivity index (χ3n) is 3.59. The molecule has 136 valence electrons. The van der Waals surface area contributed by atoms with Crippen molar-refractivity contribution in [3.05, 3.63) is 81.4 Å². The van der Waals surface area contributed by atoms with Crippen LogP contribution < -0.4 is 15.6 Å². The molecule has 3 rings (SSSR count). The summed E-state index contributed by atoms with van der Waals surface area (Å²) >= 11 is 0. The number of aromatic nitrogens is 2. The van der Waals surface area contributed by atoms with Gasteiger partial charge in [0.05, 0.1) is 11.3 Å². The Bertz CT molecular complexity index is 1020. The van der Waals surface area contributed by atoms with E-state index in [1.165, 1.54) is 0 Å². The molecule has 0 aliphatic carbocycles. The maximum Gasteiger partial charge on any atom is 0.395 e. The van der Waals surface area contributed by atoms with Gasteiger partial charge in [-0.1, -0.05) is 42.5 Å². The van der Waals surface area contributed by atoms with Crippen molar-refractivity contribution in [2.24, 2.45) is 0 Å². The number of nitrogens with one attached hydrogen (secondary N) is 2. The van der Waals surface area contributed by atoms with Gasteiger partial charge in [0.15, 0.2) is 6.61 Å². The van der Waals surface area contributed by atoms with Crippen molar-refractivity contribution in [3.8, 4) is 17.0 Å². The fraction of sp³-hybridized carbons (Fsp3) is 0.0556. The number of hydrogen-bond acceptors (Lipinski definition) is 6. The van der Waals surface area contributed by atoms with Crippen LogP contribution in [0.15, 0.2) is 65.7 Å². The summed E-state index contributed by atoms with van der Waals surface area (Å²) in [6, 6.07) is 16.9. The Labute approximate surface area is 152 Å². The van der Waals surface area contributed by atoms with Gasteiger partial charge in [-0.25, -0.2) is 0 Å². The maximum atomic E-state index is 12.0. The van der Waals surface area contributed by atoms with Gasteiger partial charge in [-0.2, -0.15) is 4.98 Å². The monoisotopic (exact) mass is 366 g/mol. The summed E-state index contributed by atoms with van der Waals surface area (Å²) in [5.41, 5.74) is 0.774. The van der Waals surface area contributed by atoms with Gasteiger partial charge < -0.3 is 15.0 Å². The Kier molecular flexibility index (Phi) is 5.22. The number of ether oxygens (including phenoxy) is 1. The Morgan fingerprint density at radius 2 is 1.78 bits per heavy atom. The number of carbonyl (C=O) groups is 1. The van der Waals surface area contributed by atoms with E-state index in [-0.39, 0.29) is 0 Å². The quantitative estimate of drug-likeness (QED) is 0.509. The van der Waals surface area contributed by atoms with E-state index >= 15 is 0 Å². The van der Waals surface area contributed by atoms with Gasteiger partial charge >= 0.3 is 17.1 Å². The van der Waals surface area contributed by atoms with Crippen molar-refractivity contribution in [1.82, 2.24) is 9.97 Å². The summed E-state index contributed by atoms with van der Waals surface area (Å²) in [5, 5.41) is 13.5. The van der Waals surface area contributed by atoms with Crippen molar-refractivity contribution in [1.29, 1.82) is 0 Å². The summed E-state index contributed by atoms with van der Waals surface area (Å²) in [6.07, 6.45) is 0.963. The molecule has 0 radical (unpaired) electrons. The van der Waals surface area contributed by atoms with Crippen LogP contribution in [-0.2, 0) is 4.79 Å². The number of rotatable bonds is 6. The lowest BCUT2D eigenvalue weighted by molar-refractivity contribution is -0.387. The second kappa shape index (κ2) is 7.91. The normalized spacial score (nSPS) is 10.2. The number of nitro groups is 1. The Balaban J connectivity index is 1.63. The number of hydrogen-bond donors (Lipinski definition) is 2. The number of carbonyl (C=O) groups excluding carboxylic acids is 1. The number of H-pyrrole nitrogens is 1. The van der Waals surface area contributed by atoms with Crippen molar-refractivity contribution in [2.45, 2.75) is 0 Å². The standard InChI is InChI=1S/C18H14N4O5/c23-15(10-27-18-16(22(25)26)17(24)19-11-20-18)21-14-8-6-13(7-9-14)12-4-2-1-3-5-12/h1-9,11H,10H2,(H,21,23)(H,19,20,24). The maximum absolute atomic E-state index is 12.0. The van der Waals surface area contributed by atoms with E-state index in [9.17, 15) is 19.7 Å². The van der Waals surface area contributed by atoms with Crippen LogP contribution >= 0.6 is 0 Å². The number of benzene rings is 2. The molecule has 3 aromatic rings. The Hall–Kier alpha value is -4.01. The molecule has 1 aromatic heterocycles. The number of aromatic amines is 1. The Morgan fingerprint density at radius 3 is 2.44 bits per heavy atom. The van der Waals surface area contributed by atoms with Crippen molar-refractivity contribution in [3.63, 3.8) is 0 Å². The number of amides is 1. The van der Waals surface area contributed by atoms with E-state index in [1.54, 1.807) is 12.1 Å². The summed E-state index contributed by atoms with van der Waals surface area (Å²) < 4.78 is 5.02. The predicted octanol–water partition coefficient (Wildman–Crippen LogP) is 2.36. The molecule has 2 aromatic carbocycles. The number of nitrogens with zero attached hydrogens (tertiary/aromatic N) is 2. The average molecular weight is 366 g/mol. The topological polar surface area (TPSA) is 127 Å². The molecule has 0 unspecified atom stereocenters. The third-order valence-corrected chi connectivity index (χ3v) is 3.59. The van der Waals surface area contributed by atoms with E-state index in [2.05, 4.69) is 15.3 Å². The zero-order chi connectivity index (χ0) is 19.2. The highest BCUT2D eigenvalue weighted by atomic mass is 16.6. The molecule has 0 aliphatic rings. The minimum atomic E-state index is -0.957. The fourth-order valence-corrected chi connectivity index (χ4v) is 2.35. The molecule has 2 N–H and O–H groups in total. The van der Waals surface area contributed by atoms with Crippen LogP contribution in [0.25, 0.3) is 11.1 Å². The zero-order valence-corrected chi connectivity index (χ0v) is 13.9. The van der Waals surface area contributed by atoms with Gasteiger partial charge in [0.2, 0.25) is 0 Å². The highest BCUT2D eigenvalue weighted by Gasteiger charge is 2.22. The highest BCUT2D eigenvalue weighted by Crippen LogP contribution is 2.21. The van der Waals surface area contributed by atoms with Crippen molar-refractivity contribution >= 4 is 17.3 Å². The minimum absolute atomic E-state index is 0.515. The first-order valence-corrected chi connectivity index (χ1v) is 7.85. The van der Waals surface area contributed by atoms with Crippen LogP contribution in [0.1, 0.15) is 0 Å². The van der Waals surface area contributed by atoms with E-state index < -0.39 is 34.6 Å². The molecule has 0 bridgehead atoms. The zero-order valence-electron chi connectivity index (χ0n) is 13.9. The summed E-state index contributed by atoms with van der Waals surface area (Å²) in [6.45, 7) is -0.530. The first-order valence-electron chi connectivity index (χ1n) is 7.85. The van der Waals surface area contributed by atoms with Crippen LogP contribution in [0.5, 0.6) is 5.88 Å². The van der Waals surface area contributed by atoms with Crippen LogP contribution in [0, 0.1) is 10.1 Å². The summed E-state index contributed by atoms with van der Waals surface area (Å²) in [5.74, 6) is -1.06. The number of anilines is 1. The average Bonchev–Trinajstić information content (AvgIpc) is 2.67. The van der Waals surface area contributed by atoms with Crippen molar-refractivity contribution < 1.29 is 14.5 Å². The lowest BCUT2D eigenvalue weighted by atomic mass is 10.1. The highest BCUT2D eigenvalue weighted by molar-refractivity contribution is 5.92. The predicted molar refractivity (Wildman–Crippen MR) is 97.5 cm³/mol. The van der Waals surface area contributed by atoms with Crippen LogP contribution in [0.2, 0.25) is 0 Å². The molecular formula is C18H14N4O5. The first kappa shape index (κ1) is 17.8. The van der Waals surface area contributed by atoms with Crippen molar-refractivity contribution in [2.75, 3.05) is 11.9 Å². The van der Waals surface area contributed by atoms with Crippen LogP contribution in [0.4, 0.5) is 11.4 Å². The second-order valence-electron chi connectivity index (χ2n) is 5.42. The van der Waals surface area contributed by atoms with Crippen LogP contribution in [-0.4, -0.2) is 27.4 Å². The van der Waals surface area contributed by atoms with Gasteiger partial charge in [0.25, 0.3) is 5.91 Å². The molecule has 0 saturated heterocycles. The lowest BCUT2D eigenvalue weighted by Crippen LogP contribution is -2.22. The molecule has 0 fully saturated rings. The molecule has 0 spiro atoms. The smallest absolute Gasteiger partial charge is 0.395 e. The van der Waals surface area contributed by atoms with Gasteiger partial charge in [-0.15, -0.1) is 0 Å². The molecule has 1 amide bonds.